The van der Waals surface area contributed by atoms with Crippen LogP contribution in [0.4, 0.5) is 0 Å². The number of carbonyl (C=O) groups is 1. The summed E-state index contributed by atoms with van der Waals surface area (Å²) in [5, 5.41) is 8.86. The Bertz CT molecular complexity index is 385. The quantitative estimate of drug-likeness (QED) is 0.803. The molecule has 0 fully saturated rings. The van der Waals surface area contributed by atoms with Crippen LogP contribution in [-0.2, 0) is 4.79 Å². The number of ether oxygens (including phenoxy) is 1. The van der Waals surface area contributed by atoms with Gasteiger partial charge in [0.2, 0.25) is 0 Å². The topological polar surface area (TPSA) is 46.5 Å². The van der Waals surface area contributed by atoms with E-state index in [1.165, 1.54) is 6.08 Å². The Hall–Kier alpha value is -1.48. The monoisotopic (exact) mass is 226 g/mol. The van der Waals surface area contributed by atoms with Crippen LogP contribution in [0.2, 0.25) is 5.02 Å². The highest BCUT2D eigenvalue weighted by Crippen LogP contribution is 2.24. The van der Waals surface area contributed by atoms with Crippen molar-refractivity contribution in [2.75, 3.05) is 6.61 Å². The molecule has 3 nitrogen and oxygen atoms in total. The lowest BCUT2D eigenvalue weighted by atomic mass is 10.2. The van der Waals surface area contributed by atoms with E-state index in [1.54, 1.807) is 12.1 Å². The van der Waals surface area contributed by atoms with Gasteiger partial charge in [0.1, 0.15) is 12.4 Å². The molecule has 0 atom stereocenters. The van der Waals surface area contributed by atoms with Crippen LogP contribution in [0.25, 0.3) is 0 Å². The molecule has 0 unspecified atom stereocenters. The number of rotatable bonds is 4. The molecule has 0 aromatic heterocycles. The molecule has 0 amide bonds. The molecule has 80 valence electrons. The van der Waals surface area contributed by atoms with Gasteiger partial charge in [0.25, 0.3) is 0 Å². The molecule has 0 aliphatic carbocycles. The second kappa shape index (κ2) is 5.41. The number of hydrogen-bond acceptors (Lipinski definition) is 2. The summed E-state index contributed by atoms with van der Waals surface area (Å²) in [5.74, 6) is -0.430. The molecule has 0 bridgehead atoms. The van der Waals surface area contributed by atoms with E-state index in [1.807, 2.05) is 13.0 Å². The van der Waals surface area contributed by atoms with Gasteiger partial charge in [-0.3, -0.25) is 0 Å². The van der Waals surface area contributed by atoms with E-state index < -0.39 is 5.97 Å². The third kappa shape index (κ3) is 4.04. The van der Waals surface area contributed by atoms with Crippen molar-refractivity contribution < 1.29 is 14.6 Å². The fraction of sp³-hybridized carbons (Fsp3) is 0.182. The van der Waals surface area contributed by atoms with Crippen molar-refractivity contribution in [3.05, 3.63) is 40.9 Å². The number of hydrogen-bond donors (Lipinski definition) is 1. The van der Waals surface area contributed by atoms with Crippen molar-refractivity contribution in [2.24, 2.45) is 0 Å². The van der Waals surface area contributed by atoms with Crippen molar-refractivity contribution in [3.63, 3.8) is 0 Å². The lowest BCUT2D eigenvalue weighted by Gasteiger charge is -2.05. The molecule has 0 aliphatic heterocycles. The summed E-state index contributed by atoms with van der Waals surface area (Å²) in [7, 11) is 0. The third-order valence-corrected chi connectivity index (χ3v) is 1.99. The fourth-order valence-electron chi connectivity index (χ4n) is 1.01. The van der Waals surface area contributed by atoms with Crippen LogP contribution in [0.3, 0.4) is 0 Å². The first-order chi connectivity index (χ1) is 7.09. The van der Waals surface area contributed by atoms with Crippen LogP contribution >= 0.6 is 11.6 Å². The lowest BCUT2D eigenvalue weighted by Crippen LogP contribution is -1.96. The standard InChI is InChI=1S/C11H11ClO3/c1-8-4-5-9(12)10(7-8)15-6-2-3-11(13)14/h2-5,7H,6H2,1H3,(H,13,14). The molecule has 0 saturated heterocycles. The summed E-state index contributed by atoms with van der Waals surface area (Å²) in [6.07, 6.45) is 2.45. The van der Waals surface area contributed by atoms with Crippen LogP contribution in [0.5, 0.6) is 5.75 Å². The highest BCUT2D eigenvalue weighted by Gasteiger charge is 1.99. The number of benzene rings is 1. The minimum Gasteiger partial charge on any atom is -0.488 e. The van der Waals surface area contributed by atoms with E-state index in [9.17, 15) is 4.79 Å². The molecule has 0 saturated carbocycles. The highest BCUT2D eigenvalue weighted by molar-refractivity contribution is 6.32. The van der Waals surface area contributed by atoms with E-state index in [0.717, 1.165) is 11.6 Å². The first-order valence-electron chi connectivity index (χ1n) is 4.38. The molecule has 1 aromatic rings. The predicted molar refractivity (Wildman–Crippen MR) is 58.5 cm³/mol. The van der Waals surface area contributed by atoms with Crippen LogP contribution in [0, 0.1) is 6.92 Å². The molecule has 0 spiro atoms. The van der Waals surface area contributed by atoms with E-state index in [-0.39, 0.29) is 6.61 Å². The van der Waals surface area contributed by atoms with Crippen molar-refractivity contribution in [2.45, 2.75) is 6.92 Å². The number of aryl methyl sites for hydroxylation is 1. The highest BCUT2D eigenvalue weighted by atomic mass is 35.5. The van der Waals surface area contributed by atoms with Gasteiger partial charge in [-0.25, -0.2) is 4.79 Å². The Kier molecular flexibility index (Phi) is 4.18. The molecule has 0 heterocycles. The maximum Gasteiger partial charge on any atom is 0.328 e. The molecular formula is C11H11ClO3. The molecular weight excluding hydrogens is 216 g/mol. The van der Waals surface area contributed by atoms with Crippen LogP contribution in [-0.4, -0.2) is 17.7 Å². The van der Waals surface area contributed by atoms with Crippen LogP contribution in [0.1, 0.15) is 5.56 Å². The minimum absolute atomic E-state index is 0.190. The summed E-state index contributed by atoms with van der Waals surface area (Å²) < 4.78 is 5.29. The van der Waals surface area contributed by atoms with Gasteiger partial charge >= 0.3 is 5.97 Å². The summed E-state index contributed by atoms with van der Waals surface area (Å²) in [6, 6.07) is 5.42. The van der Waals surface area contributed by atoms with Gasteiger partial charge in [0.05, 0.1) is 5.02 Å². The first kappa shape index (κ1) is 11.6. The molecule has 1 aromatic carbocycles. The van der Waals surface area contributed by atoms with Gasteiger partial charge in [0, 0.05) is 6.08 Å². The van der Waals surface area contributed by atoms with Crippen molar-refractivity contribution in [3.8, 4) is 5.75 Å². The molecule has 1 N–H and O–H groups in total. The summed E-state index contributed by atoms with van der Waals surface area (Å²) in [5.41, 5.74) is 1.04. The van der Waals surface area contributed by atoms with Gasteiger partial charge in [0.15, 0.2) is 0 Å². The number of aliphatic carboxylic acids is 1. The van der Waals surface area contributed by atoms with E-state index in [2.05, 4.69) is 0 Å². The number of carboxylic acids is 1. The van der Waals surface area contributed by atoms with E-state index in [0.29, 0.717) is 10.8 Å². The Morgan fingerprint density at radius 3 is 3.00 bits per heavy atom. The van der Waals surface area contributed by atoms with Gasteiger partial charge < -0.3 is 9.84 Å². The second-order valence-corrected chi connectivity index (χ2v) is 3.39. The largest absolute Gasteiger partial charge is 0.488 e. The average molecular weight is 227 g/mol. The van der Waals surface area contributed by atoms with Crippen LogP contribution in [0.15, 0.2) is 30.4 Å². The first-order valence-corrected chi connectivity index (χ1v) is 4.76. The molecule has 0 aliphatic rings. The Balaban J connectivity index is 2.57. The maximum absolute atomic E-state index is 10.2. The number of halogens is 1. The Morgan fingerprint density at radius 1 is 1.60 bits per heavy atom. The number of carboxylic acid groups (broad SMARTS) is 1. The van der Waals surface area contributed by atoms with Crippen LogP contribution < -0.4 is 4.74 Å². The SMILES string of the molecule is Cc1ccc(Cl)c(OCC=CC(=O)O)c1. The second-order valence-electron chi connectivity index (χ2n) is 2.99. The van der Waals surface area contributed by atoms with Gasteiger partial charge in [-0.1, -0.05) is 17.7 Å². The average Bonchev–Trinajstić information content (AvgIpc) is 2.17. The smallest absolute Gasteiger partial charge is 0.328 e. The predicted octanol–water partition coefficient (Wildman–Crippen LogP) is 2.67. The zero-order valence-electron chi connectivity index (χ0n) is 8.24. The summed E-state index contributed by atoms with van der Waals surface area (Å²) >= 11 is 5.87. The zero-order valence-corrected chi connectivity index (χ0v) is 8.99. The maximum atomic E-state index is 10.2. The van der Waals surface area contributed by atoms with Gasteiger partial charge in [-0.15, -0.1) is 0 Å². The Labute approximate surface area is 92.9 Å². The molecule has 0 radical (unpaired) electrons. The molecule has 4 heteroatoms. The Morgan fingerprint density at radius 2 is 2.33 bits per heavy atom. The van der Waals surface area contributed by atoms with Gasteiger partial charge in [-0.05, 0) is 30.7 Å². The van der Waals surface area contributed by atoms with Gasteiger partial charge in [-0.2, -0.15) is 0 Å². The van der Waals surface area contributed by atoms with Crippen molar-refractivity contribution in [1.82, 2.24) is 0 Å². The van der Waals surface area contributed by atoms with E-state index >= 15 is 0 Å². The lowest BCUT2D eigenvalue weighted by molar-refractivity contribution is -0.131. The fourth-order valence-corrected chi connectivity index (χ4v) is 1.18. The molecule has 15 heavy (non-hydrogen) atoms. The van der Waals surface area contributed by atoms with E-state index in [4.69, 9.17) is 21.4 Å². The van der Waals surface area contributed by atoms with Crippen molar-refractivity contribution in [1.29, 1.82) is 0 Å². The third-order valence-electron chi connectivity index (χ3n) is 1.68. The minimum atomic E-state index is -0.992. The zero-order chi connectivity index (χ0) is 11.3. The summed E-state index contributed by atoms with van der Waals surface area (Å²) in [4.78, 5) is 10.2. The van der Waals surface area contributed by atoms with Crippen molar-refractivity contribution >= 4 is 17.6 Å². The summed E-state index contributed by atoms with van der Waals surface area (Å²) in [6.45, 7) is 2.12. The normalized spacial score (nSPS) is 10.5. The molecule has 1 rings (SSSR count).